The van der Waals surface area contributed by atoms with Gasteiger partial charge in [-0.1, -0.05) is 27.5 Å². The lowest BCUT2D eigenvalue weighted by Gasteiger charge is -2.02. The topological polar surface area (TPSA) is 17.1 Å². The van der Waals surface area contributed by atoms with Gasteiger partial charge >= 0.3 is 0 Å². The smallest absolute Gasteiger partial charge is 0.164 e. The van der Waals surface area contributed by atoms with E-state index in [4.69, 9.17) is 18.0 Å². The van der Waals surface area contributed by atoms with Crippen molar-refractivity contribution in [2.75, 3.05) is 0 Å². The second-order valence-electron chi connectivity index (χ2n) is 3.11. The van der Waals surface area contributed by atoms with Crippen LogP contribution in [0.5, 0.6) is 0 Å². The fraction of sp³-hybridized carbons (Fsp3) is 0.250. The van der Waals surface area contributed by atoms with Gasteiger partial charge in [-0.3, -0.25) is 4.79 Å². The molecule has 0 aliphatic carbocycles. The third kappa shape index (κ3) is 3.70. The number of benzene rings is 1. The standard InChI is InChI=1S/C12H10BrClO/c1-2-3-4-5-12(15)10-7-6-9(13)8-11(10)14/h1,6-8H,3-5H2. The van der Waals surface area contributed by atoms with Crippen molar-refractivity contribution < 1.29 is 4.79 Å². The zero-order chi connectivity index (χ0) is 11.3. The fourth-order valence-electron chi connectivity index (χ4n) is 1.20. The SMILES string of the molecule is C#CCCCC(=O)c1ccc(Br)cc1Cl. The van der Waals surface area contributed by atoms with Gasteiger partial charge in [0.1, 0.15) is 0 Å². The molecule has 78 valence electrons. The van der Waals surface area contributed by atoms with Gasteiger partial charge in [0, 0.05) is 22.9 Å². The average molecular weight is 286 g/mol. The average Bonchev–Trinajstić information content (AvgIpc) is 2.17. The van der Waals surface area contributed by atoms with Gasteiger partial charge in [-0.25, -0.2) is 0 Å². The van der Waals surface area contributed by atoms with Crippen LogP contribution in [0.15, 0.2) is 22.7 Å². The van der Waals surface area contributed by atoms with Crippen LogP contribution >= 0.6 is 27.5 Å². The summed E-state index contributed by atoms with van der Waals surface area (Å²) in [6, 6.07) is 5.25. The lowest BCUT2D eigenvalue weighted by Crippen LogP contribution is -1.99. The summed E-state index contributed by atoms with van der Waals surface area (Å²) in [5, 5.41) is 0.482. The minimum Gasteiger partial charge on any atom is -0.294 e. The van der Waals surface area contributed by atoms with Crippen molar-refractivity contribution in [3.8, 4) is 12.3 Å². The van der Waals surface area contributed by atoms with Crippen molar-refractivity contribution in [2.45, 2.75) is 19.3 Å². The largest absolute Gasteiger partial charge is 0.294 e. The Balaban J connectivity index is 2.70. The van der Waals surface area contributed by atoms with Crippen molar-refractivity contribution >= 4 is 33.3 Å². The van der Waals surface area contributed by atoms with E-state index in [0.717, 1.165) is 4.47 Å². The molecule has 0 bridgehead atoms. The monoisotopic (exact) mass is 284 g/mol. The first-order valence-electron chi connectivity index (χ1n) is 4.57. The molecule has 0 unspecified atom stereocenters. The van der Waals surface area contributed by atoms with Crippen LogP contribution in [0.2, 0.25) is 5.02 Å². The Morgan fingerprint density at radius 2 is 2.27 bits per heavy atom. The molecule has 1 aromatic rings. The van der Waals surface area contributed by atoms with Crippen molar-refractivity contribution in [1.82, 2.24) is 0 Å². The number of hydrogen-bond donors (Lipinski definition) is 0. The molecule has 0 spiro atoms. The summed E-state index contributed by atoms with van der Waals surface area (Å²) in [5.74, 6) is 2.55. The quantitative estimate of drug-likeness (QED) is 0.463. The molecule has 0 aromatic heterocycles. The number of carbonyl (C=O) groups excluding carboxylic acids is 1. The molecular weight excluding hydrogens is 275 g/mol. The number of Topliss-reactive ketones (excluding diaryl/α,β-unsaturated/α-hetero) is 1. The normalized spacial score (nSPS) is 9.67. The predicted octanol–water partition coefficient (Wildman–Crippen LogP) is 4.09. The van der Waals surface area contributed by atoms with Crippen molar-refractivity contribution in [3.63, 3.8) is 0 Å². The Kier molecular flexibility index (Phi) is 4.87. The summed E-state index contributed by atoms with van der Waals surface area (Å²) in [6.45, 7) is 0. The van der Waals surface area contributed by atoms with E-state index >= 15 is 0 Å². The molecule has 3 heteroatoms. The Labute approximate surface area is 103 Å². The number of ketones is 1. The molecular formula is C12H10BrClO. The molecule has 1 nitrogen and oxygen atoms in total. The Morgan fingerprint density at radius 3 is 2.87 bits per heavy atom. The number of terminal acetylenes is 1. The molecule has 0 N–H and O–H groups in total. The van der Waals surface area contributed by atoms with Crippen LogP contribution in [-0.2, 0) is 0 Å². The van der Waals surface area contributed by atoms with Crippen LogP contribution in [0.1, 0.15) is 29.6 Å². The summed E-state index contributed by atoms with van der Waals surface area (Å²) in [7, 11) is 0. The maximum absolute atomic E-state index is 11.7. The Bertz CT molecular complexity index is 407. The molecule has 0 radical (unpaired) electrons. The Morgan fingerprint density at radius 1 is 1.53 bits per heavy atom. The summed E-state index contributed by atoms with van der Waals surface area (Å²) in [5.41, 5.74) is 0.567. The number of halogens is 2. The van der Waals surface area contributed by atoms with E-state index in [1.54, 1.807) is 18.2 Å². The maximum Gasteiger partial charge on any atom is 0.164 e. The first-order valence-corrected chi connectivity index (χ1v) is 5.74. The zero-order valence-electron chi connectivity index (χ0n) is 8.09. The lowest BCUT2D eigenvalue weighted by molar-refractivity contribution is 0.0981. The number of rotatable bonds is 4. The highest BCUT2D eigenvalue weighted by atomic mass is 79.9. The lowest BCUT2D eigenvalue weighted by atomic mass is 10.1. The Hall–Kier alpha value is -0.780. The van der Waals surface area contributed by atoms with E-state index in [1.807, 2.05) is 0 Å². The first kappa shape index (κ1) is 12.3. The van der Waals surface area contributed by atoms with E-state index in [9.17, 15) is 4.79 Å². The molecule has 0 heterocycles. The molecule has 15 heavy (non-hydrogen) atoms. The van der Waals surface area contributed by atoms with Crippen LogP contribution < -0.4 is 0 Å². The minimum atomic E-state index is 0.0442. The van der Waals surface area contributed by atoms with E-state index in [-0.39, 0.29) is 5.78 Å². The van der Waals surface area contributed by atoms with Gasteiger partial charge in [0.2, 0.25) is 0 Å². The molecule has 1 rings (SSSR count). The number of hydrogen-bond acceptors (Lipinski definition) is 1. The fourth-order valence-corrected chi connectivity index (χ4v) is 1.98. The number of carbonyl (C=O) groups is 1. The van der Waals surface area contributed by atoms with Crippen molar-refractivity contribution in [2.24, 2.45) is 0 Å². The molecule has 0 aliphatic heterocycles. The van der Waals surface area contributed by atoms with Gasteiger partial charge in [-0.2, -0.15) is 0 Å². The van der Waals surface area contributed by atoms with Crippen LogP contribution in [-0.4, -0.2) is 5.78 Å². The van der Waals surface area contributed by atoms with E-state index in [0.29, 0.717) is 29.8 Å². The van der Waals surface area contributed by atoms with Gasteiger partial charge in [0.05, 0.1) is 5.02 Å². The summed E-state index contributed by atoms with van der Waals surface area (Å²) >= 11 is 9.23. The molecule has 0 aliphatic rings. The van der Waals surface area contributed by atoms with Gasteiger partial charge in [-0.05, 0) is 24.6 Å². The van der Waals surface area contributed by atoms with Crippen molar-refractivity contribution in [3.05, 3.63) is 33.3 Å². The molecule has 0 fully saturated rings. The predicted molar refractivity (Wildman–Crippen MR) is 66.2 cm³/mol. The van der Waals surface area contributed by atoms with E-state index < -0.39 is 0 Å². The van der Waals surface area contributed by atoms with Gasteiger partial charge in [0.15, 0.2) is 5.78 Å². The van der Waals surface area contributed by atoms with Crippen LogP contribution in [0.25, 0.3) is 0 Å². The highest BCUT2D eigenvalue weighted by molar-refractivity contribution is 9.10. The summed E-state index contributed by atoms with van der Waals surface area (Å²) < 4.78 is 0.868. The minimum absolute atomic E-state index is 0.0442. The van der Waals surface area contributed by atoms with E-state index in [1.165, 1.54) is 0 Å². The zero-order valence-corrected chi connectivity index (χ0v) is 10.4. The van der Waals surface area contributed by atoms with Crippen LogP contribution in [0.4, 0.5) is 0 Å². The summed E-state index contributed by atoms with van der Waals surface area (Å²) in [6.07, 6.45) is 6.89. The molecule has 0 amide bonds. The molecule has 1 aromatic carbocycles. The second-order valence-corrected chi connectivity index (χ2v) is 4.43. The third-order valence-electron chi connectivity index (χ3n) is 1.96. The molecule has 0 atom stereocenters. The maximum atomic E-state index is 11.7. The van der Waals surface area contributed by atoms with Crippen molar-refractivity contribution in [1.29, 1.82) is 0 Å². The van der Waals surface area contributed by atoms with Crippen LogP contribution in [0, 0.1) is 12.3 Å². The highest BCUT2D eigenvalue weighted by Gasteiger charge is 2.09. The van der Waals surface area contributed by atoms with Gasteiger partial charge in [-0.15, -0.1) is 12.3 Å². The number of unbranched alkanes of at least 4 members (excludes halogenated alkanes) is 1. The second kappa shape index (κ2) is 5.95. The summed E-state index contributed by atoms with van der Waals surface area (Å²) in [4.78, 5) is 11.7. The first-order chi connectivity index (χ1) is 7.15. The van der Waals surface area contributed by atoms with Gasteiger partial charge < -0.3 is 0 Å². The van der Waals surface area contributed by atoms with E-state index in [2.05, 4.69) is 21.9 Å². The molecule has 0 saturated heterocycles. The highest BCUT2D eigenvalue weighted by Crippen LogP contribution is 2.22. The molecule has 0 saturated carbocycles. The van der Waals surface area contributed by atoms with Crippen LogP contribution in [0.3, 0.4) is 0 Å². The third-order valence-corrected chi connectivity index (χ3v) is 2.76. The van der Waals surface area contributed by atoms with Gasteiger partial charge in [0.25, 0.3) is 0 Å².